The minimum atomic E-state index is -4.59. The van der Waals surface area contributed by atoms with Crippen LogP contribution in [0.4, 0.5) is 17.6 Å². The average molecular weight is 415 g/mol. The third-order valence-corrected chi connectivity index (χ3v) is 5.86. The van der Waals surface area contributed by atoms with Crippen molar-refractivity contribution in [3.63, 3.8) is 0 Å². The number of likely N-dealkylation sites (tertiary alicyclic amines) is 2. The van der Waals surface area contributed by atoms with Crippen molar-refractivity contribution >= 4 is 5.70 Å². The van der Waals surface area contributed by atoms with Crippen LogP contribution in [0.15, 0.2) is 24.8 Å². The molecule has 2 heterocycles. The minimum absolute atomic E-state index is 0.127. The Morgan fingerprint density at radius 2 is 1.72 bits per heavy atom. The Balaban J connectivity index is 1.41. The number of rotatable bonds is 7. The number of alkyl halides is 3. The van der Waals surface area contributed by atoms with Crippen molar-refractivity contribution in [2.24, 2.45) is 5.92 Å². The molecule has 0 spiro atoms. The van der Waals surface area contributed by atoms with Crippen LogP contribution >= 0.6 is 0 Å². The Bertz CT molecular complexity index is 702. The number of β-amino-alcohol motifs (C(OH)–C–C–N with tert-alkyl or cyclic N) is 1. The SMILES string of the molecule is C=C(NCC1CCN(CCN2CCC(O)C2)CC1)c1cc(F)cc(C(F)(F)F)c1. The van der Waals surface area contributed by atoms with Gasteiger partial charge in [-0.2, -0.15) is 13.2 Å². The zero-order valence-corrected chi connectivity index (χ0v) is 16.5. The van der Waals surface area contributed by atoms with E-state index in [9.17, 15) is 22.7 Å². The van der Waals surface area contributed by atoms with Crippen molar-refractivity contribution in [3.05, 3.63) is 41.7 Å². The molecule has 2 aliphatic heterocycles. The summed E-state index contributed by atoms with van der Waals surface area (Å²) in [6.07, 6.45) is -1.92. The first kappa shape index (κ1) is 22.1. The van der Waals surface area contributed by atoms with E-state index >= 15 is 0 Å². The summed E-state index contributed by atoms with van der Waals surface area (Å²) in [6, 6.07) is 2.49. The van der Waals surface area contributed by atoms with Crippen molar-refractivity contribution in [2.45, 2.75) is 31.5 Å². The molecule has 0 radical (unpaired) electrons. The van der Waals surface area contributed by atoms with E-state index < -0.39 is 17.6 Å². The second kappa shape index (κ2) is 9.45. The van der Waals surface area contributed by atoms with Gasteiger partial charge in [0, 0.05) is 44.0 Å². The van der Waals surface area contributed by atoms with Crippen LogP contribution in [0.2, 0.25) is 0 Å². The molecule has 3 rings (SSSR count). The second-order valence-electron chi connectivity index (χ2n) is 8.11. The molecule has 0 aromatic heterocycles. The fourth-order valence-electron chi connectivity index (χ4n) is 4.01. The van der Waals surface area contributed by atoms with E-state index in [1.807, 2.05) is 0 Å². The van der Waals surface area contributed by atoms with E-state index in [1.165, 1.54) is 0 Å². The first-order valence-corrected chi connectivity index (χ1v) is 10.1. The number of hydrogen-bond donors (Lipinski definition) is 2. The lowest BCUT2D eigenvalue weighted by atomic mass is 9.96. The van der Waals surface area contributed by atoms with Crippen LogP contribution in [-0.2, 0) is 6.18 Å². The number of aliphatic hydroxyl groups is 1. The zero-order valence-electron chi connectivity index (χ0n) is 16.5. The highest BCUT2D eigenvalue weighted by atomic mass is 19.4. The number of piperidine rings is 1. The summed E-state index contributed by atoms with van der Waals surface area (Å²) in [6.45, 7) is 10.0. The van der Waals surface area contributed by atoms with Crippen molar-refractivity contribution in [1.29, 1.82) is 0 Å². The van der Waals surface area contributed by atoms with Crippen LogP contribution in [0.5, 0.6) is 0 Å². The van der Waals surface area contributed by atoms with Gasteiger partial charge in [0.05, 0.1) is 11.7 Å². The summed E-state index contributed by atoms with van der Waals surface area (Å²) in [7, 11) is 0. The molecule has 4 nitrogen and oxygen atoms in total. The molecule has 1 unspecified atom stereocenters. The summed E-state index contributed by atoms with van der Waals surface area (Å²) in [4.78, 5) is 4.70. The molecule has 2 N–H and O–H groups in total. The van der Waals surface area contributed by atoms with Gasteiger partial charge in [-0.25, -0.2) is 4.39 Å². The van der Waals surface area contributed by atoms with Gasteiger partial charge in [0.2, 0.25) is 0 Å². The predicted octanol–water partition coefficient (Wildman–Crippen LogP) is 3.18. The summed E-state index contributed by atoms with van der Waals surface area (Å²) in [5.74, 6) is -0.510. The monoisotopic (exact) mass is 415 g/mol. The molecule has 0 amide bonds. The molecular weight excluding hydrogens is 386 g/mol. The maximum Gasteiger partial charge on any atom is 0.416 e. The Morgan fingerprint density at radius 1 is 1.07 bits per heavy atom. The molecule has 8 heteroatoms. The molecule has 2 fully saturated rings. The number of nitrogens with one attached hydrogen (secondary N) is 1. The standard InChI is InChI=1S/C21H29F4N3O/c1-15(17-10-18(21(23,24)25)12-19(22)11-17)26-13-16-2-5-27(6-3-16)8-9-28-7-4-20(29)14-28/h10-12,16,20,26,29H,1-9,13-14H2. The van der Waals surface area contributed by atoms with Gasteiger partial charge in [0.1, 0.15) is 5.82 Å². The van der Waals surface area contributed by atoms with E-state index in [1.54, 1.807) is 0 Å². The number of hydrogen-bond acceptors (Lipinski definition) is 4. The normalized spacial score (nSPS) is 22.2. The maximum absolute atomic E-state index is 13.6. The fraction of sp³-hybridized carbons (Fsp3) is 0.619. The molecule has 2 saturated heterocycles. The van der Waals surface area contributed by atoms with Gasteiger partial charge in [-0.05, 0) is 56.5 Å². The van der Waals surface area contributed by atoms with Crippen LogP contribution in [0, 0.1) is 11.7 Å². The van der Waals surface area contributed by atoms with Gasteiger partial charge in [-0.1, -0.05) is 6.58 Å². The van der Waals surface area contributed by atoms with E-state index in [0.717, 1.165) is 70.7 Å². The van der Waals surface area contributed by atoms with Gasteiger partial charge in [-0.15, -0.1) is 0 Å². The van der Waals surface area contributed by atoms with Crippen LogP contribution < -0.4 is 5.32 Å². The molecule has 29 heavy (non-hydrogen) atoms. The van der Waals surface area contributed by atoms with Crippen molar-refractivity contribution in [2.75, 3.05) is 45.8 Å². The number of nitrogens with zero attached hydrogens (tertiary/aromatic N) is 2. The highest BCUT2D eigenvalue weighted by molar-refractivity contribution is 5.62. The molecule has 0 saturated carbocycles. The lowest BCUT2D eigenvalue weighted by Gasteiger charge is -2.33. The van der Waals surface area contributed by atoms with E-state index in [0.29, 0.717) is 24.2 Å². The Kier molecular flexibility index (Phi) is 7.19. The number of aliphatic hydroxyl groups excluding tert-OH is 1. The van der Waals surface area contributed by atoms with Crippen molar-refractivity contribution < 1.29 is 22.7 Å². The number of halogens is 4. The molecule has 0 aliphatic carbocycles. The van der Waals surface area contributed by atoms with E-state index in [-0.39, 0.29) is 11.7 Å². The topological polar surface area (TPSA) is 38.7 Å². The summed E-state index contributed by atoms with van der Waals surface area (Å²) in [5, 5.41) is 12.7. The van der Waals surface area contributed by atoms with Crippen LogP contribution in [0.1, 0.15) is 30.4 Å². The van der Waals surface area contributed by atoms with Crippen LogP contribution in [-0.4, -0.2) is 66.8 Å². The quantitative estimate of drug-likeness (QED) is 0.671. The summed E-state index contributed by atoms with van der Waals surface area (Å²) >= 11 is 0. The first-order valence-electron chi connectivity index (χ1n) is 10.1. The van der Waals surface area contributed by atoms with Gasteiger partial charge < -0.3 is 15.3 Å². The zero-order chi connectivity index (χ0) is 21.0. The lowest BCUT2D eigenvalue weighted by molar-refractivity contribution is -0.137. The van der Waals surface area contributed by atoms with Crippen molar-refractivity contribution in [3.8, 4) is 0 Å². The van der Waals surface area contributed by atoms with Crippen LogP contribution in [0.25, 0.3) is 5.70 Å². The highest BCUT2D eigenvalue weighted by Crippen LogP contribution is 2.31. The molecule has 162 valence electrons. The second-order valence-corrected chi connectivity index (χ2v) is 8.11. The molecular formula is C21H29F4N3O. The number of benzene rings is 1. The maximum atomic E-state index is 13.6. The van der Waals surface area contributed by atoms with E-state index in [4.69, 9.17) is 0 Å². The smallest absolute Gasteiger partial charge is 0.392 e. The Hall–Kier alpha value is -1.64. The first-order chi connectivity index (χ1) is 13.7. The third kappa shape index (κ3) is 6.42. The van der Waals surface area contributed by atoms with Crippen LogP contribution in [0.3, 0.4) is 0 Å². The largest absolute Gasteiger partial charge is 0.416 e. The van der Waals surface area contributed by atoms with Gasteiger partial charge >= 0.3 is 6.18 Å². The van der Waals surface area contributed by atoms with Gasteiger partial charge in [0.25, 0.3) is 0 Å². The minimum Gasteiger partial charge on any atom is -0.392 e. The highest BCUT2D eigenvalue weighted by Gasteiger charge is 2.31. The molecule has 2 aliphatic rings. The predicted molar refractivity (Wildman–Crippen MR) is 105 cm³/mol. The average Bonchev–Trinajstić information content (AvgIpc) is 3.09. The summed E-state index contributed by atoms with van der Waals surface area (Å²) in [5.41, 5.74) is -0.568. The van der Waals surface area contributed by atoms with Gasteiger partial charge in [-0.3, -0.25) is 4.90 Å². The fourth-order valence-corrected chi connectivity index (χ4v) is 4.01. The third-order valence-electron chi connectivity index (χ3n) is 5.86. The Morgan fingerprint density at radius 3 is 2.34 bits per heavy atom. The molecule has 1 aromatic rings. The molecule has 1 atom stereocenters. The van der Waals surface area contributed by atoms with E-state index in [2.05, 4.69) is 21.7 Å². The Labute approximate surface area is 169 Å². The van der Waals surface area contributed by atoms with Crippen molar-refractivity contribution in [1.82, 2.24) is 15.1 Å². The summed E-state index contributed by atoms with van der Waals surface area (Å²) < 4.78 is 52.2. The van der Waals surface area contributed by atoms with Gasteiger partial charge in [0.15, 0.2) is 0 Å². The molecule has 0 bridgehead atoms. The lowest BCUT2D eigenvalue weighted by Crippen LogP contribution is -2.41. The molecule has 1 aromatic carbocycles.